The minimum absolute atomic E-state index is 0.264. The summed E-state index contributed by atoms with van der Waals surface area (Å²) in [7, 11) is 0. The first-order valence-electron chi connectivity index (χ1n) is 5.28. The molecule has 5 heteroatoms. The molecule has 2 nitrogen and oxygen atoms in total. The molecule has 0 spiro atoms. The van der Waals surface area contributed by atoms with Crippen molar-refractivity contribution in [2.24, 2.45) is 5.84 Å². The summed E-state index contributed by atoms with van der Waals surface area (Å²) in [6, 6.07) is 11.1. The lowest BCUT2D eigenvalue weighted by atomic mass is 9.99. The van der Waals surface area contributed by atoms with E-state index in [9.17, 15) is 4.39 Å². The van der Waals surface area contributed by atoms with Gasteiger partial charge in [-0.25, -0.2) is 9.82 Å². The summed E-state index contributed by atoms with van der Waals surface area (Å²) in [4.78, 5) is 0. The lowest BCUT2D eigenvalue weighted by Crippen LogP contribution is -2.28. The van der Waals surface area contributed by atoms with E-state index in [-0.39, 0.29) is 11.9 Å². The predicted molar refractivity (Wildman–Crippen MR) is 72.0 cm³/mol. The molecule has 94 valence electrons. The Morgan fingerprint density at radius 2 is 1.56 bits per heavy atom. The molecule has 0 saturated heterocycles. The van der Waals surface area contributed by atoms with Gasteiger partial charge >= 0.3 is 0 Å². The Balaban J connectivity index is 2.38. The van der Waals surface area contributed by atoms with Gasteiger partial charge in [0.15, 0.2) is 0 Å². The van der Waals surface area contributed by atoms with Crippen molar-refractivity contribution >= 4 is 23.2 Å². The van der Waals surface area contributed by atoms with Gasteiger partial charge in [-0.3, -0.25) is 5.84 Å². The van der Waals surface area contributed by atoms with E-state index in [4.69, 9.17) is 29.0 Å². The van der Waals surface area contributed by atoms with Crippen molar-refractivity contribution in [1.29, 1.82) is 0 Å². The largest absolute Gasteiger partial charge is 0.271 e. The summed E-state index contributed by atoms with van der Waals surface area (Å²) in [5.74, 6) is 5.25. The third-order valence-corrected chi connectivity index (χ3v) is 3.39. The molecule has 0 aliphatic heterocycles. The molecule has 2 aromatic carbocycles. The Bertz CT molecular complexity index is 543. The van der Waals surface area contributed by atoms with Gasteiger partial charge in [-0.2, -0.15) is 0 Å². The second-order valence-electron chi connectivity index (χ2n) is 3.82. The van der Waals surface area contributed by atoms with Crippen LogP contribution >= 0.6 is 23.2 Å². The lowest BCUT2D eigenvalue weighted by Gasteiger charge is -2.17. The standard InChI is InChI=1S/C13H11Cl2FN2/c14-11-6-3-9(7-12(11)15)13(18-17)8-1-4-10(16)5-2-8/h1-7,13,18H,17H2. The second-order valence-corrected chi connectivity index (χ2v) is 4.64. The van der Waals surface area contributed by atoms with E-state index in [0.29, 0.717) is 10.0 Å². The molecule has 18 heavy (non-hydrogen) atoms. The van der Waals surface area contributed by atoms with Gasteiger partial charge in [-0.05, 0) is 35.4 Å². The van der Waals surface area contributed by atoms with E-state index in [1.54, 1.807) is 24.3 Å². The van der Waals surface area contributed by atoms with Crippen LogP contribution in [0.1, 0.15) is 17.2 Å². The highest BCUT2D eigenvalue weighted by molar-refractivity contribution is 6.42. The van der Waals surface area contributed by atoms with Gasteiger partial charge < -0.3 is 0 Å². The van der Waals surface area contributed by atoms with Gasteiger partial charge in [0.1, 0.15) is 5.82 Å². The molecule has 3 N–H and O–H groups in total. The highest BCUT2D eigenvalue weighted by Crippen LogP contribution is 2.28. The van der Waals surface area contributed by atoms with Crippen LogP contribution in [0.5, 0.6) is 0 Å². The quantitative estimate of drug-likeness (QED) is 0.666. The Kier molecular flexibility index (Phi) is 4.19. The summed E-state index contributed by atoms with van der Waals surface area (Å²) >= 11 is 11.8. The number of nitrogens with two attached hydrogens (primary N) is 1. The molecule has 2 aromatic rings. The number of hydrogen-bond donors (Lipinski definition) is 2. The van der Waals surface area contributed by atoms with Crippen LogP contribution in [0.15, 0.2) is 42.5 Å². The van der Waals surface area contributed by atoms with Gasteiger partial charge in [0.25, 0.3) is 0 Å². The van der Waals surface area contributed by atoms with Crippen LogP contribution in [-0.2, 0) is 0 Å². The molecule has 0 fully saturated rings. The van der Waals surface area contributed by atoms with Crippen LogP contribution in [0.2, 0.25) is 10.0 Å². The van der Waals surface area contributed by atoms with Gasteiger partial charge in [-0.15, -0.1) is 0 Å². The topological polar surface area (TPSA) is 38.0 Å². The molecule has 1 unspecified atom stereocenters. The van der Waals surface area contributed by atoms with Crippen LogP contribution in [0.4, 0.5) is 4.39 Å². The molecular formula is C13H11Cl2FN2. The van der Waals surface area contributed by atoms with Crippen LogP contribution in [0.25, 0.3) is 0 Å². The number of rotatable bonds is 3. The van der Waals surface area contributed by atoms with Crippen LogP contribution in [0, 0.1) is 5.82 Å². The number of hydrogen-bond acceptors (Lipinski definition) is 2. The number of benzene rings is 2. The Morgan fingerprint density at radius 1 is 0.944 bits per heavy atom. The molecule has 1 atom stereocenters. The minimum Gasteiger partial charge on any atom is -0.271 e. The molecule has 0 radical (unpaired) electrons. The third kappa shape index (κ3) is 2.82. The minimum atomic E-state index is -0.288. The molecule has 0 bridgehead atoms. The SMILES string of the molecule is NNC(c1ccc(F)cc1)c1ccc(Cl)c(Cl)c1. The summed E-state index contributed by atoms with van der Waals surface area (Å²) in [5, 5.41) is 0.937. The summed E-state index contributed by atoms with van der Waals surface area (Å²) < 4.78 is 12.9. The van der Waals surface area contributed by atoms with Gasteiger partial charge in [0.05, 0.1) is 16.1 Å². The average molecular weight is 285 g/mol. The molecule has 0 amide bonds. The highest BCUT2D eigenvalue weighted by Gasteiger charge is 2.13. The zero-order valence-electron chi connectivity index (χ0n) is 9.33. The van der Waals surface area contributed by atoms with Gasteiger partial charge in [0, 0.05) is 0 Å². The summed E-state index contributed by atoms with van der Waals surface area (Å²) in [5.41, 5.74) is 4.38. The molecule has 2 rings (SSSR count). The van der Waals surface area contributed by atoms with E-state index >= 15 is 0 Å². The van der Waals surface area contributed by atoms with Crippen LogP contribution in [0.3, 0.4) is 0 Å². The Hall–Kier alpha value is -1.13. The molecular weight excluding hydrogens is 274 g/mol. The van der Waals surface area contributed by atoms with E-state index in [1.165, 1.54) is 12.1 Å². The maximum absolute atomic E-state index is 12.9. The van der Waals surface area contributed by atoms with Crippen molar-refractivity contribution in [3.8, 4) is 0 Å². The monoisotopic (exact) mass is 284 g/mol. The first-order chi connectivity index (χ1) is 8.61. The molecule has 0 heterocycles. The lowest BCUT2D eigenvalue weighted by molar-refractivity contribution is 0.615. The van der Waals surface area contributed by atoms with Gasteiger partial charge in [0.2, 0.25) is 0 Å². The Labute approximate surface area is 114 Å². The van der Waals surface area contributed by atoms with Crippen molar-refractivity contribution in [1.82, 2.24) is 5.43 Å². The summed E-state index contributed by atoms with van der Waals surface area (Å²) in [6.45, 7) is 0. The smallest absolute Gasteiger partial charge is 0.123 e. The fourth-order valence-electron chi connectivity index (χ4n) is 1.73. The first kappa shape index (κ1) is 13.3. The van der Waals surface area contributed by atoms with Crippen molar-refractivity contribution in [3.05, 3.63) is 69.5 Å². The zero-order chi connectivity index (χ0) is 13.1. The van der Waals surface area contributed by atoms with E-state index in [0.717, 1.165) is 11.1 Å². The van der Waals surface area contributed by atoms with Crippen molar-refractivity contribution < 1.29 is 4.39 Å². The normalized spacial score (nSPS) is 12.4. The van der Waals surface area contributed by atoms with Gasteiger partial charge in [-0.1, -0.05) is 41.4 Å². The van der Waals surface area contributed by atoms with Crippen molar-refractivity contribution in [3.63, 3.8) is 0 Å². The van der Waals surface area contributed by atoms with E-state index in [2.05, 4.69) is 5.43 Å². The summed E-state index contributed by atoms with van der Waals surface area (Å²) in [6.07, 6.45) is 0. The average Bonchev–Trinajstić information content (AvgIpc) is 2.37. The molecule has 0 aromatic heterocycles. The highest BCUT2D eigenvalue weighted by atomic mass is 35.5. The van der Waals surface area contributed by atoms with Crippen molar-refractivity contribution in [2.75, 3.05) is 0 Å². The maximum atomic E-state index is 12.9. The fourth-order valence-corrected chi connectivity index (χ4v) is 2.04. The molecule has 0 saturated carbocycles. The molecule has 0 aliphatic carbocycles. The second kappa shape index (κ2) is 5.67. The van der Waals surface area contributed by atoms with Crippen molar-refractivity contribution in [2.45, 2.75) is 6.04 Å². The zero-order valence-corrected chi connectivity index (χ0v) is 10.8. The first-order valence-corrected chi connectivity index (χ1v) is 6.04. The Morgan fingerprint density at radius 3 is 2.11 bits per heavy atom. The third-order valence-electron chi connectivity index (χ3n) is 2.65. The predicted octanol–water partition coefficient (Wildman–Crippen LogP) is 3.69. The van der Waals surface area contributed by atoms with Crippen LogP contribution < -0.4 is 11.3 Å². The fraction of sp³-hybridized carbons (Fsp3) is 0.0769. The van der Waals surface area contributed by atoms with E-state index < -0.39 is 0 Å². The van der Waals surface area contributed by atoms with Crippen LogP contribution in [-0.4, -0.2) is 0 Å². The van der Waals surface area contributed by atoms with E-state index in [1.807, 2.05) is 6.07 Å². The number of halogens is 3. The maximum Gasteiger partial charge on any atom is 0.123 e. The molecule has 0 aliphatic rings. The number of nitrogens with one attached hydrogen (secondary N) is 1. The number of hydrazine groups is 1.